The molecule has 2 aliphatic rings. The molecule has 0 saturated carbocycles. The molecule has 2 aliphatic heterocycles. The molecule has 0 bridgehead atoms. The third-order valence-corrected chi connectivity index (χ3v) is 7.16. The number of likely N-dealkylation sites (tertiary alicyclic amines) is 1. The van der Waals surface area contributed by atoms with Crippen molar-refractivity contribution in [2.24, 2.45) is 10.9 Å². The van der Waals surface area contributed by atoms with Crippen molar-refractivity contribution < 1.29 is 0 Å². The first-order valence-corrected chi connectivity index (χ1v) is 12.3. The summed E-state index contributed by atoms with van der Waals surface area (Å²) in [5.41, 5.74) is 1.34. The van der Waals surface area contributed by atoms with Gasteiger partial charge >= 0.3 is 0 Å². The molecule has 170 valence electrons. The monoisotopic (exact) mass is 553 g/mol. The van der Waals surface area contributed by atoms with E-state index in [4.69, 9.17) is 4.99 Å². The van der Waals surface area contributed by atoms with E-state index in [9.17, 15) is 0 Å². The summed E-state index contributed by atoms with van der Waals surface area (Å²) in [5.74, 6) is 1.61. The van der Waals surface area contributed by atoms with Gasteiger partial charge < -0.3 is 15.5 Å². The molecule has 0 amide bonds. The number of para-hydroxylation sites is 1. The lowest BCUT2D eigenvalue weighted by atomic mass is 10.1. The number of anilines is 1. The van der Waals surface area contributed by atoms with E-state index in [1.54, 1.807) is 0 Å². The Bertz CT molecular complexity index is 777. The number of thiophene rings is 1. The van der Waals surface area contributed by atoms with Gasteiger partial charge in [0.05, 0.1) is 12.6 Å². The van der Waals surface area contributed by atoms with Crippen molar-refractivity contribution in [1.29, 1.82) is 0 Å². The summed E-state index contributed by atoms with van der Waals surface area (Å²) >= 11 is 1.86. The Kier molecular flexibility index (Phi) is 9.93. The second kappa shape index (κ2) is 12.6. The van der Waals surface area contributed by atoms with Crippen molar-refractivity contribution in [3.63, 3.8) is 0 Å². The highest BCUT2D eigenvalue weighted by atomic mass is 127. The minimum absolute atomic E-state index is 0. The van der Waals surface area contributed by atoms with E-state index in [1.807, 2.05) is 11.3 Å². The second-order valence-electron chi connectivity index (χ2n) is 8.31. The zero-order valence-electron chi connectivity index (χ0n) is 18.5. The van der Waals surface area contributed by atoms with Gasteiger partial charge in [-0.3, -0.25) is 9.89 Å². The number of hydrogen-bond acceptors (Lipinski definition) is 4. The molecule has 3 heterocycles. The van der Waals surface area contributed by atoms with Crippen molar-refractivity contribution >= 4 is 47.0 Å². The molecule has 0 aliphatic carbocycles. The quantitative estimate of drug-likeness (QED) is 0.285. The molecule has 2 atom stereocenters. The lowest BCUT2D eigenvalue weighted by molar-refractivity contribution is 0.255. The summed E-state index contributed by atoms with van der Waals surface area (Å²) in [6.45, 7) is 9.46. The van der Waals surface area contributed by atoms with E-state index >= 15 is 0 Å². The Morgan fingerprint density at radius 1 is 1.10 bits per heavy atom. The molecule has 2 unspecified atom stereocenters. The van der Waals surface area contributed by atoms with Crippen molar-refractivity contribution in [1.82, 2.24) is 15.5 Å². The molecule has 7 heteroatoms. The lowest BCUT2D eigenvalue weighted by Gasteiger charge is -2.25. The summed E-state index contributed by atoms with van der Waals surface area (Å²) in [6, 6.07) is 15.6. The number of rotatable bonds is 8. The summed E-state index contributed by atoms with van der Waals surface area (Å²) in [4.78, 5) is 11.5. The van der Waals surface area contributed by atoms with Crippen LogP contribution in [0.1, 0.15) is 37.1 Å². The van der Waals surface area contributed by atoms with Gasteiger partial charge in [0.2, 0.25) is 0 Å². The van der Waals surface area contributed by atoms with Crippen molar-refractivity contribution in [2.75, 3.05) is 50.7 Å². The van der Waals surface area contributed by atoms with Crippen molar-refractivity contribution in [2.45, 2.75) is 32.2 Å². The molecule has 31 heavy (non-hydrogen) atoms. The SMILES string of the molecule is CCNC(=NCC(c1cccs1)N1CCCC1)NCC1CCN(c2ccccc2)C1.I. The molecule has 4 rings (SSSR count). The van der Waals surface area contributed by atoms with Crippen LogP contribution in [0.4, 0.5) is 5.69 Å². The summed E-state index contributed by atoms with van der Waals surface area (Å²) in [7, 11) is 0. The number of nitrogens with zero attached hydrogens (tertiary/aromatic N) is 3. The molecule has 2 N–H and O–H groups in total. The average molecular weight is 554 g/mol. The second-order valence-corrected chi connectivity index (χ2v) is 9.29. The normalized spacial score (nSPS) is 20.5. The molecule has 1 aromatic heterocycles. The smallest absolute Gasteiger partial charge is 0.191 e. The number of nitrogens with one attached hydrogen (secondary N) is 2. The Labute approximate surface area is 208 Å². The molecular formula is C24H36IN5S. The highest BCUT2D eigenvalue weighted by Gasteiger charge is 2.25. The van der Waals surface area contributed by atoms with Gasteiger partial charge in [0.25, 0.3) is 0 Å². The minimum Gasteiger partial charge on any atom is -0.371 e. The van der Waals surface area contributed by atoms with E-state index in [0.29, 0.717) is 12.0 Å². The van der Waals surface area contributed by atoms with E-state index < -0.39 is 0 Å². The van der Waals surface area contributed by atoms with Crippen LogP contribution in [0.25, 0.3) is 0 Å². The van der Waals surface area contributed by atoms with Crippen LogP contribution < -0.4 is 15.5 Å². The summed E-state index contributed by atoms with van der Waals surface area (Å²) in [6.07, 6.45) is 3.85. The predicted molar refractivity (Wildman–Crippen MR) is 144 cm³/mol. The van der Waals surface area contributed by atoms with Crippen LogP contribution in [0, 0.1) is 5.92 Å². The zero-order chi connectivity index (χ0) is 20.6. The maximum Gasteiger partial charge on any atom is 0.191 e. The fraction of sp³-hybridized carbons (Fsp3) is 0.542. The third-order valence-electron chi connectivity index (χ3n) is 6.18. The van der Waals surface area contributed by atoms with Crippen molar-refractivity contribution in [3.05, 3.63) is 52.7 Å². The molecule has 2 aromatic rings. The topological polar surface area (TPSA) is 42.9 Å². The Morgan fingerprint density at radius 2 is 1.90 bits per heavy atom. The van der Waals surface area contributed by atoms with E-state index in [-0.39, 0.29) is 24.0 Å². The van der Waals surface area contributed by atoms with E-state index in [1.165, 1.54) is 42.9 Å². The number of guanidine groups is 1. The molecule has 2 saturated heterocycles. The minimum atomic E-state index is 0. The Balaban J connectivity index is 0.00000272. The summed E-state index contributed by atoms with van der Waals surface area (Å²) < 4.78 is 0. The van der Waals surface area contributed by atoms with Crippen LogP contribution in [0.15, 0.2) is 52.8 Å². The van der Waals surface area contributed by atoms with Crippen molar-refractivity contribution in [3.8, 4) is 0 Å². The third kappa shape index (κ3) is 6.83. The number of hydrogen-bond donors (Lipinski definition) is 2. The molecule has 2 fully saturated rings. The summed E-state index contributed by atoms with van der Waals surface area (Å²) in [5, 5.41) is 9.26. The largest absolute Gasteiger partial charge is 0.371 e. The van der Waals surface area contributed by atoms with Gasteiger partial charge in [-0.15, -0.1) is 35.3 Å². The van der Waals surface area contributed by atoms with E-state index in [0.717, 1.165) is 38.7 Å². The average Bonchev–Trinajstić information content (AvgIpc) is 3.56. The standard InChI is InChI=1S/C24H35N5S.HI/c1-2-25-24(26-17-20-12-15-29(19-20)21-9-4-3-5-10-21)27-18-22(23-11-8-16-30-23)28-13-6-7-14-28;/h3-5,8-11,16,20,22H,2,6-7,12-15,17-19H2,1H3,(H2,25,26,27);1H. The van der Waals surface area contributed by atoms with Gasteiger partial charge in [0, 0.05) is 36.7 Å². The van der Waals surface area contributed by atoms with E-state index in [2.05, 4.69) is 75.2 Å². The van der Waals surface area contributed by atoms with Crippen LogP contribution in [0.2, 0.25) is 0 Å². The highest BCUT2D eigenvalue weighted by Crippen LogP contribution is 2.28. The Morgan fingerprint density at radius 3 is 2.61 bits per heavy atom. The molecule has 1 aromatic carbocycles. The molecular weight excluding hydrogens is 517 g/mol. The first-order valence-electron chi connectivity index (χ1n) is 11.4. The van der Waals surface area contributed by atoms with Gasteiger partial charge in [-0.25, -0.2) is 0 Å². The van der Waals surface area contributed by atoms with Gasteiger partial charge in [-0.05, 0) is 68.8 Å². The van der Waals surface area contributed by atoms with Crippen LogP contribution in [0.3, 0.4) is 0 Å². The maximum atomic E-state index is 5.00. The first-order chi connectivity index (χ1) is 14.8. The lowest BCUT2D eigenvalue weighted by Crippen LogP contribution is -2.41. The zero-order valence-corrected chi connectivity index (χ0v) is 21.6. The fourth-order valence-corrected chi connectivity index (χ4v) is 5.40. The van der Waals surface area contributed by atoms with Crippen LogP contribution in [-0.4, -0.2) is 56.7 Å². The van der Waals surface area contributed by atoms with Gasteiger partial charge in [0.15, 0.2) is 5.96 Å². The van der Waals surface area contributed by atoms with Crippen LogP contribution >= 0.6 is 35.3 Å². The van der Waals surface area contributed by atoms with Gasteiger partial charge in [0.1, 0.15) is 0 Å². The van der Waals surface area contributed by atoms with Gasteiger partial charge in [-0.1, -0.05) is 24.3 Å². The van der Waals surface area contributed by atoms with Gasteiger partial charge in [-0.2, -0.15) is 0 Å². The molecule has 5 nitrogen and oxygen atoms in total. The first kappa shape index (κ1) is 24.3. The number of benzene rings is 1. The molecule has 0 radical (unpaired) electrons. The predicted octanol–water partition coefficient (Wildman–Crippen LogP) is 4.58. The number of aliphatic imine (C=N–C) groups is 1. The fourth-order valence-electron chi connectivity index (χ4n) is 4.55. The number of halogens is 1. The highest BCUT2D eigenvalue weighted by molar-refractivity contribution is 14.0. The molecule has 0 spiro atoms. The maximum absolute atomic E-state index is 5.00. The Hall–Kier alpha value is -1.32. The van der Waals surface area contributed by atoms with Crippen LogP contribution in [-0.2, 0) is 0 Å². The van der Waals surface area contributed by atoms with Crippen LogP contribution in [0.5, 0.6) is 0 Å².